The zero-order valence-corrected chi connectivity index (χ0v) is 5.05. The van der Waals surface area contributed by atoms with E-state index in [1.54, 1.807) is 0 Å². The van der Waals surface area contributed by atoms with Gasteiger partial charge in [-0.2, -0.15) is 0 Å². The first-order valence-corrected chi connectivity index (χ1v) is 2.72. The molecule has 0 heterocycles. The molecule has 0 radical (unpaired) electrons. The topological polar surface area (TPSA) is 43.1 Å². The molecular weight excluding hydrogens is 102 g/mol. The Balaban J connectivity index is 3.33. The van der Waals surface area contributed by atoms with E-state index in [-0.39, 0.29) is 5.78 Å². The van der Waals surface area contributed by atoms with Crippen molar-refractivity contribution in [1.82, 2.24) is 0 Å². The minimum atomic E-state index is 0.106. The number of ketones is 1. The molecule has 0 rings (SSSR count). The smallest absolute Gasteiger partial charge is 0.157 e. The minimum Gasteiger partial charge on any atom is -0.404 e. The van der Waals surface area contributed by atoms with Crippen LogP contribution in [0.15, 0.2) is 12.3 Å². The summed E-state index contributed by atoms with van der Waals surface area (Å²) >= 11 is 0. The summed E-state index contributed by atoms with van der Waals surface area (Å²) in [5.41, 5.74) is 4.96. The highest BCUT2D eigenvalue weighted by Gasteiger charge is 1.89. The Morgan fingerprint density at radius 2 is 2.38 bits per heavy atom. The molecule has 0 aromatic rings. The molecule has 0 aliphatic carbocycles. The SMILES string of the molecule is CCCC(=O)/C=C\N. The molecular formula is C6H11NO. The second-order valence-corrected chi connectivity index (χ2v) is 1.58. The largest absolute Gasteiger partial charge is 0.404 e. The van der Waals surface area contributed by atoms with Gasteiger partial charge in [0.1, 0.15) is 0 Å². The first-order valence-electron chi connectivity index (χ1n) is 2.72. The average Bonchev–Trinajstić information content (AvgIpc) is 1.68. The molecule has 2 N–H and O–H groups in total. The summed E-state index contributed by atoms with van der Waals surface area (Å²) in [5, 5.41) is 0. The average molecular weight is 113 g/mol. The Labute approximate surface area is 49.4 Å². The van der Waals surface area contributed by atoms with Crippen molar-refractivity contribution >= 4 is 5.78 Å². The lowest BCUT2D eigenvalue weighted by atomic mass is 10.2. The molecule has 0 unspecified atom stereocenters. The zero-order valence-electron chi connectivity index (χ0n) is 5.05. The molecule has 8 heavy (non-hydrogen) atoms. The Morgan fingerprint density at radius 3 is 2.75 bits per heavy atom. The van der Waals surface area contributed by atoms with Gasteiger partial charge in [-0.1, -0.05) is 6.92 Å². The fourth-order valence-electron chi connectivity index (χ4n) is 0.437. The third-order valence-corrected chi connectivity index (χ3v) is 0.779. The Kier molecular flexibility index (Phi) is 3.94. The van der Waals surface area contributed by atoms with Crippen molar-refractivity contribution in [3.8, 4) is 0 Å². The summed E-state index contributed by atoms with van der Waals surface area (Å²) in [6.07, 6.45) is 4.17. The van der Waals surface area contributed by atoms with Gasteiger partial charge >= 0.3 is 0 Å². The fourth-order valence-corrected chi connectivity index (χ4v) is 0.437. The molecule has 0 aliphatic rings. The summed E-state index contributed by atoms with van der Waals surface area (Å²) in [7, 11) is 0. The highest BCUT2D eigenvalue weighted by molar-refractivity contribution is 5.89. The van der Waals surface area contributed by atoms with Crippen molar-refractivity contribution in [1.29, 1.82) is 0 Å². The predicted molar refractivity (Wildman–Crippen MR) is 33.2 cm³/mol. The lowest BCUT2D eigenvalue weighted by molar-refractivity contribution is -0.114. The van der Waals surface area contributed by atoms with Crippen LogP contribution in [0.25, 0.3) is 0 Å². The highest BCUT2D eigenvalue weighted by Crippen LogP contribution is 1.88. The van der Waals surface area contributed by atoms with Gasteiger partial charge < -0.3 is 5.73 Å². The first kappa shape index (κ1) is 7.21. The number of hydrogen-bond acceptors (Lipinski definition) is 2. The second-order valence-electron chi connectivity index (χ2n) is 1.58. The maximum Gasteiger partial charge on any atom is 0.157 e. The number of rotatable bonds is 3. The van der Waals surface area contributed by atoms with E-state index < -0.39 is 0 Å². The van der Waals surface area contributed by atoms with Crippen LogP contribution in [0.3, 0.4) is 0 Å². The quantitative estimate of drug-likeness (QED) is 0.551. The highest BCUT2D eigenvalue weighted by atomic mass is 16.1. The van der Waals surface area contributed by atoms with Gasteiger partial charge in [0.15, 0.2) is 5.78 Å². The third-order valence-electron chi connectivity index (χ3n) is 0.779. The van der Waals surface area contributed by atoms with E-state index in [1.165, 1.54) is 12.3 Å². The van der Waals surface area contributed by atoms with Crippen molar-refractivity contribution in [2.24, 2.45) is 5.73 Å². The van der Waals surface area contributed by atoms with Crippen LogP contribution in [0.1, 0.15) is 19.8 Å². The van der Waals surface area contributed by atoms with Gasteiger partial charge in [0.25, 0.3) is 0 Å². The van der Waals surface area contributed by atoms with Crippen LogP contribution in [-0.2, 0) is 4.79 Å². The molecule has 46 valence electrons. The van der Waals surface area contributed by atoms with Gasteiger partial charge in [-0.3, -0.25) is 4.79 Å². The summed E-state index contributed by atoms with van der Waals surface area (Å²) in [6.45, 7) is 1.96. The van der Waals surface area contributed by atoms with Gasteiger partial charge in [0.05, 0.1) is 0 Å². The molecule has 0 aliphatic heterocycles. The summed E-state index contributed by atoms with van der Waals surface area (Å²) in [6, 6.07) is 0. The monoisotopic (exact) mass is 113 g/mol. The van der Waals surface area contributed by atoms with Crippen LogP contribution >= 0.6 is 0 Å². The normalized spacial score (nSPS) is 10.1. The Hall–Kier alpha value is -0.790. The third kappa shape index (κ3) is 3.40. The van der Waals surface area contributed by atoms with Crippen LogP contribution in [0.2, 0.25) is 0 Å². The van der Waals surface area contributed by atoms with E-state index in [9.17, 15) is 4.79 Å². The van der Waals surface area contributed by atoms with Crippen LogP contribution in [-0.4, -0.2) is 5.78 Å². The lowest BCUT2D eigenvalue weighted by Gasteiger charge is -1.84. The minimum absolute atomic E-state index is 0.106. The molecule has 0 aromatic carbocycles. The molecule has 0 saturated heterocycles. The molecule has 0 bridgehead atoms. The van der Waals surface area contributed by atoms with Gasteiger partial charge in [0, 0.05) is 6.42 Å². The van der Waals surface area contributed by atoms with E-state index in [1.807, 2.05) is 6.92 Å². The van der Waals surface area contributed by atoms with E-state index in [4.69, 9.17) is 5.73 Å². The van der Waals surface area contributed by atoms with Crippen molar-refractivity contribution in [3.05, 3.63) is 12.3 Å². The van der Waals surface area contributed by atoms with Gasteiger partial charge in [0.2, 0.25) is 0 Å². The molecule has 0 spiro atoms. The van der Waals surface area contributed by atoms with Crippen LogP contribution in [0.5, 0.6) is 0 Å². The van der Waals surface area contributed by atoms with Crippen LogP contribution < -0.4 is 5.73 Å². The van der Waals surface area contributed by atoms with Gasteiger partial charge in [-0.05, 0) is 18.7 Å². The van der Waals surface area contributed by atoms with Gasteiger partial charge in [-0.15, -0.1) is 0 Å². The number of carbonyl (C=O) groups is 1. The molecule has 0 atom stereocenters. The Bertz CT molecular complexity index is 96.7. The second kappa shape index (κ2) is 4.37. The van der Waals surface area contributed by atoms with Crippen LogP contribution in [0.4, 0.5) is 0 Å². The molecule has 2 nitrogen and oxygen atoms in total. The molecule has 0 saturated carbocycles. The lowest BCUT2D eigenvalue weighted by Crippen LogP contribution is -1.91. The first-order chi connectivity index (χ1) is 3.81. The van der Waals surface area contributed by atoms with E-state index in [0.717, 1.165) is 6.42 Å². The van der Waals surface area contributed by atoms with E-state index in [2.05, 4.69) is 0 Å². The predicted octanol–water partition coefficient (Wildman–Crippen LogP) is 0.828. The number of carbonyl (C=O) groups excluding carboxylic acids is 1. The molecule has 2 heteroatoms. The number of allylic oxidation sites excluding steroid dienone is 1. The molecule has 0 aromatic heterocycles. The summed E-state index contributed by atoms with van der Waals surface area (Å²) in [4.78, 5) is 10.5. The fraction of sp³-hybridized carbons (Fsp3) is 0.500. The number of hydrogen-bond donors (Lipinski definition) is 1. The zero-order chi connectivity index (χ0) is 6.41. The summed E-state index contributed by atoms with van der Waals surface area (Å²) in [5.74, 6) is 0.106. The van der Waals surface area contributed by atoms with Gasteiger partial charge in [-0.25, -0.2) is 0 Å². The van der Waals surface area contributed by atoms with E-state index >= 15 is 0 Å². The van der Waals surface area contributed by atoms with Crippen molar-refractivity contribution < 1.29 is 4.79 Å². The van der Waals surface area contributed by atoms with Crippen molar-refractivity contribution in [2.75, 3.05) is 0 Å². The maximum absolute atomic E-state index is 10.5. The maximum atomic E-state index is 10.5. The summed E-state index contributed by atoms with van der Waals surface area (Å²) < 4.78 is 0. The van der Waals surface area contributed by atoms with Crippen LogP contribution in [0, 0.1) is 0 Å². The molecule has 0 amide bonds. The molecule has 0 fully saturated rings. The van der Waals surface area contributed by atoms with E-state index in [0.29, 0.717) is 6.42 Å². The Morgan fingerprint density at radius 1 is 1.75 bits per heavy atom. The number of nitrogens with two attached hydrogens (primary N) is 1. The standard InChI is InChI=1S/C6H11NO/c1-2-3-6(8)4-5-7/h4-5H,2-3,7H2,1H3/b5-4-. The van der Waals surface area contributed by atoms with Crippen molar-refractivity contribution in [2.45, 2.75) is 19.8 Å². The van der Waals surface area contributed by atoms with Crippen molar-refractivity contribution in [3.63, 3.8) is 0 Å².